The first-order chi connectivity index (χ1) is 7.42. The normalized spacial score (nSPS) is 14.4. The summed E-state index contributed by atoms with van der Waals surface area (Å²) in [5.41, 5.74) is 3.93. The van der Waals surface area contributed by atoms with Gasteiger partial charge in [-0.05, 0) is 13.3 Å². The minimum atomic E-state index is -1.05. The minimum absolute atomic E-state index is 0.101. The summed E-state index contributed by atoms with van der Waals surface area (Å²) in [5.74, 6) is -1.48. The molecule has 0 spiro atoms. The van der Waals surface area contributed by atoms with Gasteiger partial charge in [0.15, 0.2) is 0 Å². The molecule has 0 aromatic rings. The molecule has 0 fully saturated rings. The molecule has 0 aliphatic rings. The Bertz CT molecular complexity index is 243. The van der Waals surface area contributed by atoms with Crippen LogP contribution in [0.2, 0.25) is 0 Å². The van der Waals surface area contributed by atoms with Crippen LogP contribution in [-0.2, 0) is 9.59 Å². The molecule has 0 saturated carbocycles. The van der Waals surface area contributed by atoms with E-state index in [0.29, 0.717) is 6.42 Å². The van der Waals surface area contributed by atoms with Crippen molar-refractivity contribution in [3.63, 3.8) is 0 Å². The second kappa shape index (κ2) is 7.22. The highest BCUT2D eigenvalue weighted by Gasteiger charge is 2.32. The molecule has 0 aliphatic heterocycles. The third-order valence-corrected chi connectivity index (χ3v) is 2.66. The third kappa shape index (κ3) is 5.70. The van der Waals surface area contributed by atoms with E-state index in [0.717, 1.165) is 25.7 Å². The predicted molar refractivity (Wildman–Crippen MR) is 62.0 cm³/mol. The summed E-state index contributed by atoms with van der Waals surface area (Å²) in [6.45, 7) is 3.59. The van der Waals surface area contributed by atoms with E-state index in [1.54, 1.807) is 6.92 Å². The zero-order chi connectivity index (χ0) is 12.6. The Kier molecular flexibility index (Phi) is 6.72. The van der Waals surface area contributed by atoms with Gasteiger partial charge in [0, 0.05) is 0 Å². The van der Waals surface area contributed by atoms with Crippen LogP contribution in [0, 0.1) is 0 Å². The fourth-order valence-corrected chi connectivity index (χ4v) is 1.46. The van der Waals surface area contributed by atoms with E-state index in [2.05, 4.69) is 12.2 Å². The van der Waals surface area contributed by atoms with Crippen LogP contribution < -0.4 is 11.1 Å². The molecule has 94 valence electrons. The van der Waals surface area contributed by atoms with Crippen LogP contribution in [-0.4, -0.2) is 29.1 Å². The second-order valence-corrected chi connectivity index (χ2v) is 4.27. The van der Waals surface area contributed by atoms with E-state index in [1.807, 2.05) is 0 Å². The fourth-order valence-electron chi connectivity index (χ4n) is 1.46. The lowest BCUT2D eigenvalue weighted by molar-refractivity contribution is -0.144. The largest absolute Gasteiger partial charge is 0.480 e. The maximum atomic E-state index is 11.1. The summed E-state index contributed by atoms with van der Waals surface area (Å²) in [7, 11) is 0. The summed E-state index contributed by atoms with van der Waals surface area (Å²) < 4.78 is 0. The minimum Gasteiger partial charge on any atom is -0.480 e. The number of hydrogen-bond acceptors (Lipinski definition) is 3. The molecule has 4 N–H and O–H groups in total. The Hall–Kier alpha value is -1.10. The smallest absolute Gasteiger partial charge is 0.323 e. The Morgan fingerprint density at radius 1 is 1.31 bits per heavy atom. The molecule has 1 atom stereocenters. The maximum absolute atomic E-state index is 11.1. The zero-order valence-corrected chi connectivity index (χ0v) is 10.1. The van der Waals surface area contributed by atoms with Gasteiger partial charge in [-0.15, -0.1) is 0 Å². The number of aliphatic carboxylic acids is 1. The van der Waals surface area contributed by atoms with Gasteiger partial charge in [-0.1, -0.05) is 32.6 Å². The molecule has 0 aromatic carbocycles. The first kappa shape index (κ1) is 14.9. The first-order valence-electron chi connectivity index (χ1n) is 5.69. The van der Waals surface area contributed by atoms with Crippen LogP contribution in [0.15, 0.2) is 0 Å². The molecule has 5 nitrogen and oxygen atoms in total. The molecule has 1 amide bonds. The number of primary amides is 1. The van der Waals surface area contributed by atoms with Gasteiger partial charge in [-0.3, -0.25) is 14.9 Å². The van der Waals surface area contributed by atoms with E-state index in [9.17, 15) is 9.59 Å². The molecule has 16 heavy (non-hydrogen) atoms. The van der Waals surface area contributed by atoms with Crippen molar-refractivity contribution in [3.05, 3.63) is 0 Å². The quantitative estimate of drug-likeness (QED) is 0.512. The predicted octanol–water partition coefficient (Wildman–Crippen LogP) is 0.875. The Labute approximate surface area is 96.4 Å². The highest BCUT2D eigenvalue weighted by Crippen LogP contribution is 2.15. The molecule has 0 saturated heterocycles. The lowest BCUT2D eigenvalue weighted by Crippen LogP contribution is -2.52. The molecule has 0 bridgehead atoms. The van der Waals surface area contributed by atoms with E-state index >= 15 is 0 Å². The zero-order valence-electron chi connectivity index (χ0n) is 10.1. The highest BCUT2D eigenvalue weighted by atomic mass is 16.4. The van der Waals surface area contributed by atoms with Crippen molar-refractivity contribution in [2.75, 3.05) is 6.54 Å². The van der Waals surface area contributed by atoms with E-state index in [4.69, 9.17) is 10.8 Å². The Morgan fingerprint density at radius 3 is 2.38 bits per heavy atom. The third-order valence-electron chi connectivity index (χ3n) is 2.66. The number of nitrogens with one attached hydrogen (secondary N) is 1. The number of nitrogens with two attached hydrogens (primary N) is 1. The molecule has 0 radical (unpaired) electrons. The summed E-state index contributed by atoms with van der Waals surface area (Å²) in [4.78, 5) is 21.7. The molecule has 5 heteroatoms. The van der Waals surface area contributed by atoms with Gasteiger partial charge in [-0.2, -0.15) is 0 Å². The lowest BCUT2D eigenvalue weighted by Gasteiger charge is -2.25. The van der Waals surface area contributed by atoms with Gasteiger partial charge >= 0.3 is 5.97 Å². The molecular formula is C11H22N2O3. The van der Waals surface area contributed by atoms with Crippen LogP contribution in [0.1, 0.15) is 46.0 Å². The SMILES string of the molecule is CCCCCCC(C)(NCC(N)=O)C(=O)O. The summed E-state index contributed by atoms with van der Waals surface area (Å²) in [6, 6.07) is 0. The van der Waals surface area contributed by atoms with Crippen LogP contribution in [0.3, 0.4) is 0 Å². The standard InChI is InChI=1S/C11H22N2O3/c1-3-4-5-6-7-11(2,10(15)16)13-8-9(12)14/h13H,3-8H2,1-2H3,(H2,12,14)(H,15,16). The lowest BCUT2D eigenvalue weighted by atomic mass is 9.94. The number of carboxylic acid groups (broad SMARTS) is 1. The van der Waals surface area contributed by atoms with Crippen LogP contribution in [0.5, 0.6) is 0 Å². The molecule has 0 heterocycles. The van der Waals surface area contributed by atoms with Crippen molar-refractivity contribution in [2.45, 2.75) is 51.5 Å². The van der Waals surface area contributed by atoms with Gasteiger partial charge in [0.1, 0.15) is 5.54 Å². The van der Waals surface area contributed by atoms with Gasteiger partial charge in [0.2, 0.25) is 5.91 Å². The van der Waals surface area contributed by atoms with Gasteiger partial charge in [0.25, 0.3) is 0 Å². The van der Waals surface area contributed by atoms with Crippen molar-refractivity contribution < 1.29 is 14.7 Å². The number of carboxylic acids is 1. The van der Waals surface area contributed by atoms with Gasteiger partial charge < -0.3 is 10.8 Å². The van der Waals surface area contributed by atoms with E-state index in [-0.39, 0.29) is 6.54 Å². The van der Waals surface area contributed by atoms with Gasteiger partial charge in [-0.25, -0.2) is 0 Å². The Morgan fingerprint density at radius 2 is 1.94 bits per heavy atom. The van der Waals surface area contributed by atoms with E-state index < -0.39 is 17.4 Å². The molecule has 0 aromatic heterocycles. The fraction of sp³-hybridized carbons (Fsp3) is 0.818. The number of amides is 1. The molecular weight excluding hydrogens is 208 g/mol. The van der Waals surface area contributed by atoms with Crippen molar-refractivity contribution in [1.82, 2.24) is 5.32 Å². The maximum Gasteiger partial charge on any atom is 0.323 e. The van der Waals surface area contributed by atoms with Crippen LogP contribution >= 0.6 is 0 Å². The molecule has 1 unspecified atom stereocenters. The monoisotopic (exact) mass is 230 g/mol. The average Bonchev–Trinajstić information content (AvgIpc) is 2.21. The number of hydrogen-bond donors (Lipinski definition) is 3. The molecule has 0 aliphatic carbocycles. The van der Waals surface area contributed by atoms with Crippen LogP contribution in [0.4, 0.5) is 0 Å². The number of carbonyl (C=O) groups excluding carboxylic acids is 1. The average molecular weight is 230 g/mol. The topological polar surface area (TPSA) is 92.4 Å². The van der Waals surface area contributed by atoms with Crippen molar-refractivity contribution in [1.29, 1.82) is 0 Å². The first-order valence-corrected chi connectivity index (χ1v) is 5.69. The van der Waals surface area contributed by atoms with Crippen molar-refractivity contribution >= 4 is 11.9 Å². The van der Waals surface area contributed by atoms with Crippen molar-refractivity contribution in [3.8, 4) is 0 Å². The summed E-state index contributed by atoms with van der Waals surface area (Å²) >= 11 is 0. The van der Waals surface area contributed by atoms with Gasteiger partial charge in [0.05, 0.1) is 6.54 Å². The number of rotatable bonds is 9. The highest BCUT2D eigenvalue weighted by molar-refractivity contribution is 5.81. The number of carbonyl (C=O) groups is 2. The van der Waals surface area contributed by atoms with Crippen LogP contribution in [0.25, 0.3) is 0 Å². The molecule has 0 rings (SSSR count). The number of unbranched alkanes of at least 4 members (excludes halogenated alkanes) is 3. The van der Waals surface area contributed by atoms with Crippen molar-refractivity contribution in [2.24, 2.45) is 5.73 Å². The summed E-state index contributed by atoms with van der Waals surface area (Å²) in [6.07, 6.45) is 4.57. The van der Waals surface area contributed by atoms with E-state index in [1.165, 1.54) is 0 Å². The second-order valence-electron chi connectivity index (χ2n) is 4.27. The summed E-state index contributed by atoms with van der Waals surface area (Å²) in [5, 5.41) is 11.8. The Balaban J connectivity index is 4.12.